The average Bonchev–Trinajstić information content (AvgIpc) is 2.69. The topological polar surface area (TPSA) is 64.0 Å². The number of aromatic nitrogens is 2. The SMILES string of the molecule is CCc1nc2ccccc2c(=O)n1CC(=O)NC(C)CCc1ccccc1. The third-order valence-corrected chi connectivity index (χ3v) is 4.67. The summed E-state index contributed by atoms with van der Waals surface area (Å²) < 4.78 is 1.49. The molecule has 0 saturated carbocycles. The summed E-state index contributed by atoms with van der Waals surface area (Å²) >= 11 is 0. The molecule has 0 aliphatic heterocycles. The summed E-state index contributed by atoms with van der Waals surface area (Å²) in [5.74, 6) is 0.468. The standard InChI is InChI=1S/C22H25N3O2/c1-3-20-24-19-12-8-7-11-18(19)22(27)25(20)15-21(26)23-16(2)13-14-17-9-5-4-6-10-17/h4-12,16H,3,13-15H2,1-2H3,(H,23,26). The van der Waals surface area contributed by atoms with E-state index in [4.69, 9.17) is 0 Å². The number of hydrogen-bond donors (Lipinski definition) is 1. The molecular weight excluding hydrogens is 338 g/mol. The molecule has 1 unspecified atom stereocenters. The van der Waals surface area contributed by atoms with E-state index in [1.54, 1.807) is 6.07 Å². The van der Waals surface area contributed by atoms with Crippen molar-refractivity contribution in [1.82, 2.24) is 14.9 Å². The van der Waals surface area contributed by atoms with E-state index in [9.17, 15) is 9.59 Å². The molecule has 5 nitrogen and oxygen atoms in total. The molecular formula is C22H25N3O2. The third-order valence-electron chi connectivity index (χ3n) is 4.67. The molecule has 1 amide bonds. The lowest BCUT2D eigenvalue weighted by atomic mass is 10.1. The predicted octanol–water partition coefficient (Wildman–Crippen LogP) is 3.10. The summed E-state index contributed by atoms with van der Waals surface area (Å²) in [6.07, 6.45) is 2.35. The van der Waals surface area contributed by atoms with Gasteiger partial charge in [0, 0.05) is 12.5 Å². The number of nitrogens with one attached hydrogen (secondary N) is 1. The normalized spacial score (nSPS) is 12.1. The van der Waals surface area contributed by atoms with E-state index in [0.29, 0.717) is 23.1 Å². The molecule has 27 heavy (non-hydrogen) atoms. The highest BCUT2D eigenvalue weighted by molar-refractivity contribution is 5.79. The maximum atomic E-state index is 12.8. The van der Waals surface area contributed by atoms with Gasteiger partial charge in [-0.05, 0) is 37.5 Å². The zero-order valence-corrected chi connectivity index (χ0v) is 15.8. The summed E-state index contributed by atoms with van der Waals surface area (Å²) in [6.45, 7) is 3.92. The molecule has 0 aliphatic rings. The minimum atomic E-state index is -0.163. The molecule has 0 spiro atoms. The van der Waals surface area contributed by atoms with Crippen LogP contribution in [0.5, 0.6) is 0 Å². The molecule has 1 heterocycles. The first-order valence-corrected chi connectivity index (χ1v) is 9.40. The van der Waals surface area contributed by atoms with Crippen LogP contribution in [0, 0.1) is 0 Å². The Morgan fingerprint density at radius 2 is 1.81 bits per heavy atom. The van der Waals surface area contributed by atoms with Gasteiger partial charge in [0.15, 0.2) is 0 Å². The number of rotatable bonds is 7. The predicted molar refractivity (Wildman–Crippen MR) is 108 cm³/mol. The van der Waals surface area contributed by atoms with E-state index in [2.05, 4.69) is 22.4 Å². The smallest absolute Gasteiger partial charge is 0.261 e. The second kappa shape index (κ2) is 8.62. The van der Waals surface area contributed by atoms with Gasteiger partial charge in [0.25, 0.3) is 5.56 Å². The van der Waals surface area contributed by atoms with Crippen LogP contribution in [0.2, 0.25) is 0 Å². The number of amides is 1. The van der Waals surface area contributed by atoms with E-state index >= 15 is 0 Å². The number of nitrogens with zero attached hydrogens (tertiary/aromatic N) is 2. The molecule has 0 bridgehead atoms. The number of benzene rings is 2. The van der Waals surface area contributed by atoms with Gasteiger partial charge in [-0.3, -0.25) is 14.2 Å². The third kappa shape index (κ3) is 4.61. The molecule has 3 aromatic rings. The molecule has 0 fully saturated rings. The largest absolute Gasteiger partial charge is 0.352 e. The van der Waals surface area contributed by atoms with Crippen molar-refractivity contribution >= 4 is 16.8 Å². The van der Waals surface area contributed by atoms with Crippen molar-refractivity contribution in [3.05, 3.63) is 76.3 Å². The van der Waals surface area contributed by atoms with Gasteiger partial charge in [-0.25, -0.2) is 4.98 Å². The van der Waals surface area contributed by atoms with Crippen LogP contribution in [-0.2, 0) is 24.2 Å². The number of carbonyl (C=O) groups is 1. The summed E-state index contributed by atoms with van der Waals surface area (Å²) in [4.78, 5) is 29.8. The Morgan fingerprint density at radius 3 is 2.56 bits per heavy atom. The quantitative estimate of drug-likeness (QED) is 0.702. The van der Waals surface area contributed by atoms with Crippen molar-refractivity contribution in [1.29, 1.82) is 0 Å². The number of para-hydroxylation sites is 1. The number of aryl methyl sites for hydroxylation is 2. The lowest BCUT2D eigenvalue weighted by Gasteiger charge is -2.16. The van der Waals surface area contributed by atoms with Gasteiger partial charge < -0.3 is 5.32 Å². The minimum absolute atomic E-state index is 0.00445. The molecule has 0 saturated heterocycles. The lowest BCUT2D eigenvalue weighted by molar-refractivity contribution is -0.122. The van der Waals surface area contributed by atoms with Crippen LogP contribution < -0.4 is 10.9 Å². The maximum absolute atomic E-state index is 12.8. The van der Waals surface area contributed by atoms with Gasteiger partial charge in [-0.1, -0.05) is 49.4 Å². The Labute approximate surface area is 159 Å². The zero-order valence-electron chi connectivity index (χ0n) is 15.8. The van der Waals surface area contributed by atoms with Gasteiger partial charge in [0.2, 0.25) is 5.91 Å². The summed E-state index contributed by atoms with van der Waals surface area (Å²) in [6, 6.07) is 17.5. The second-order valence-electron chi connectivity index (χ2n) is 6.78. The molecule has 5 heteroatoms. The Balaban J connectivity index is 1.68. The van der Waals surface area contributed by atoms with Crippen molar-refractivity contribution in [2.75, 3.05) is 0 Å². The molecule has 1 atom stereocenters. The Kier molecular flexibility index (Phi) is 6.01. The van der Waals surface area contributed by atoms with Gasteiger partial charge in [0.05, 0.1) is 10.9 Å². The van der Waals surface area contributed by atoms with Crippen molar-refractivity contribution in [3.63, 3.8) is 0 Å². The highest BCUT2D eigenvalue weighted by Gasteiger charge is 2.14. The van der Waals surface area contributed by atoms with Gasteiger partial charge in [-0.2, -0.15) is 0 Å². The Hall–Kier alpha value is -2.95. The van der Waals surface area contributed by atoms with Crippen LogP contribution in [0.4, 0.5) is 0 Å². The van der Waals surface area contributed by atoms with Gasteiger partial charge in [-0.15, -0.1) is 0 Å². The van der Waals surface area contributed by atoms with Crippen LogP contribution in [0.15, 0.2) is 59.4 Å². The van der Waals surface area contributed by atoms with Crippen LogP contribution in [0.1, 0.15) is 31.7 Å². The first-order chi connectivity index (χ1) is 13.1. The molecule has 0 radical (unpaired) electrons. The van der Waals surface area contributed by atoms with Crippen molar-refractivity contribution in [2.24, 2.45) is 0 Å². The van der Waals surface area contributed by atoms with Crippen LogP contribution >= 0.6 is 0 Å². The molecule has 140 valence electrons. The van der Waals surface area contributed by atoms with Crippen molar-refractivity contribution in [2.45, 2.75) is 45.7 Å². The van der Waals surface area contributed by atoms with Crippen LogP contribution in [0.3, 0.4) is 0 Å². The summed E-state index contributed by atoms with van der Waals surface area (Å²) in [5, 5.41) is 3.54. The monoisotopic (exact) mass is 363 g/mol. The lowest BCUT2D eigenvalue weighted by Crippen LogP contribution is -2.38. The Morgan fingerprint density at radius 1 is 1.11 bits per heavy atom. The van der Waals surface area contributed by atoms with E-state index in [-0.39, 0.29) is 24.1 Å². The second-order valence-corrected chi connectivity index (χ2v) is 6.78. The molecule has 1 N–H and O–H groups in total. The molecule has 2 aromatic carbocycles. The van der Waals surface area contributed by atoms with E-state index in [1.807, 2.05) is 50.2 Å². The Bertz CT molecular complexity index is 980. The first-order valence-electron chi connectivity index (χ1n) is 9.40. The summed E-state index contributed by atoms with van der Waals surface area (Å²) in [5.41, 5.74) is 1.76. The number of carbonyl (C=O) groups excluding carboxylic acids is 1. The zero-order chi connectivity index (χ0) is 19.2. The maximum Gasteiger partial charge on any atom is 0.261 e. The van der Waals surface area contributed by atoms with E-state index in [1.165, 1.54) is 10.1 Å². The van der Waals surface area contributed by atoms with E-state index in [0.717, 1.165) is 12.8 Å². The van der Waals surface area contributed by atoms with E-state index < -0.39 is 0 Å². The van der Waals surface area contributed by atoms with Crippen LogP contribution in [-0.4, -0.2) is 21.5 Å². The molecule has 0 aliphatic carbocycles. The highest BCUT2D eigenvalue weighted by atomic mass is 16.2. The fourth-order valence-electron chi connectivity index (χ4n) is 3.21. The number of fused-ring (bicyclic) bond motifs is 1. The fraction of sp³-hybridized carbons (Fsp3) is 0.318. The van der Waals surface area contributed by atoms with Gasteiger partial charge in [0.1, 0.15) is 12.4 Å². The van der Waals surface area contributed by atoms with Gasteiger partial charge >= 0.3 is 0 Å². The minimum Gasteiger partial charge on any atom is -0.352 e. The molecule has 3 rings (SSSR count). The van der Waals surface area contributed by atoms with Crippen LogP contribution in [0.25, 0.3) is 10.9 Å². The fourth-order valence-corrected chi connectivity index (χ4v) is 3.21. The average molecular weight is 363 g/mol. The van der Waals surface area contributed by atoms with Crippen molar-refractivity contribution in [3.8, 4) is 0 Å². The summed E-state index contributed by atoms with van der Waals surface area (Å²) in [7, 11) is 0. The molecule has 1 aromatic heterocycles. The number of hydrogen-bond acceptors (Lipinski definition) is 3. The highest BCUT2D eigenvalue weighted by Crippen LogP contribution is 2.09. The van der Waals surface area contributed by atoms with Crippen molar-refractivity contribution < 1.29 is 4.79 Å². The first kappa shape index (κ1) is 18.8.